The Hall–Kier alpha value is -0.850. The third kappa shape index (κ3) is 13.2. The zero-order valence-corrected chi connectivity index (χ0v) is 11.2. The van der Waals surface area contributed by atoms with Crippen molar-refractivity contribution in [3.8, 4) is 0 Å². The SMILES string of the molecule is C1CCNCC1.NCCCCCC(N)OC(N)=O. The lowest BCUT2D eigenvalue weighted by Crippen LogP contribution is -2.29. The fourth-order valence-corrected chi connectivity index (χ4v) is 1.68. The lowest BCUT2D eigenvalue weighted by Gasteiger charge is -2.10. The van der Waals surface area contributed by atoms with Gasteiger partial charge < -0.3 is 21.5 Å². The standard InChI is InChI=1S/C7H17N3O2.C5H11N/c8-5-3-1-2-4-6(9)12-7(10)11;1-2-4-6-5-3-1/h6H,1-5,8-9H2,(H2,10,11);6H,1-5H2. The van der Waals surface area contributed by atoms with Gasteiger partial charge in [-0.15, -0.1) is 0 Å². The van der Waals surface area contributed by atoms with Crippen molar-refractivity contribution < 1.29 is 9.53 Å². The highest BCUT2D eigenvalue weighted by Crippen LogP contribution is 2.02. The molecule has 1 unspecified atom stereocenters. The van der Waals surface area contributed by atoms with Crippen LogP contribution in [0.4, 0.5) is 4.79 Å². The number of nitrogens with two attached hydrogens (primary N) is 3. The van der Waals surface area contributed by atoms with Crippen molar-refractivity contribution in [2.24, 2.45) is 17.2 Å². The number of ether oxygens (including phenoxy) is 1. The number of hydrogen-bond acceptors (Lipinski definition) is 5. The molecular formula is C12H28N4O2. The van der Waals surface area contributed by atoms with Crippen molar-refractivity contribution in [1.82, 2.24) is 5.32 Å². The average molecular weight is 260 g/mol. The number of piperidine rings is 1. The summed E-state index contributed by atoms with van der Waals surface area (Å²) in [6, 6.07) is 0. The number of carbonyl (C=O) groups is 1. The van der Waals surface area contributed by atoms with Gasteiger partial charge in [0.2, 0.25) is 0 Å². The van der Waals surface area contributed by atoms with E-state index in [2.05, 4.69) is 10.1 Å². The van der Waals surface area contributed by atoms with Gasteiger partial charge in [0.25, 0.3) is 0 Å². The number of unbranched alkanes of at least 4 members (excludes halogenated alkanes) is 2. The van der Waals surface area contributed by atoms with Gasteiger partial charge in [-0.25, -0.2) is 4.79 Å². The first-order valence-electron chi connectivity index (χ1n) is 6.79. The van der Waals surface area contributed by atoms with Crippen LogP contribution in [0.5, 0.6) is 0 Å². The molecule has 0 bridgehead atoms. The van der Waals surface area contributed by atoms with Crippen LogP contribution in [0.25, 0.3) is 0 Å². The van der Waals surface area contributed by atoms with Gasteiger partial charge in [-0.2, -0.15) is 0 Å². The van der Waals surface area contributed by atoms with E-state index in [1.54, 1.807) is 0 Å². The first-order chi connectivity index (χ1) is 8.66. The van der Waals surface area contributed by atoms with E-state index in [1.807, 2.05) is 0 Å². The monoisotopic (exact) mass is 260 g/mol. The van der Waals surface area contributed by atoms with Gasteiger partial charge in [0.1, 0.15) is 0 Å². The van der Waals surface area contributed by atoms with Crippen LogP contribution in [0.3, 0.4) is 0 Å². The third-order valence-corrected chi connectivity index (χ3v) is 2.67. The summed E-state index contributed by atoms with van der Waals surface area (Å²) in [5.41, 5.74) is 15.5. The second-order valence-electron chi connectivity index (χ2n) is 4.42. The molecule has 0 aromatic heterocycles. The molecule has 0 saturated carbocycles. The Labute approximate surface area is 110 Å². The number of rotatable bonds is 6. The largest absolute Gasteiger partial charge is 0.431 e. The lowest BCUT2D eigenvalue weighted by atomic mass is 10.2. The summed E-state index contributed by atoms with van der Waals surface area (Å²) in [5.74, 6) is 0. The molecule has 6 heteroatoms. The Kier molecular flexibility index (Phi) is 12.0. The fraction of sp³-hybridized carbons (Fsp3) is 0.917. The van der Waals surface area contributed by atoms with E-state index >= 15 is 0 Å². The summed E-state index contributed by atoms with van der Waals surface area (Å²) in [5, 5.41) is 3.28. The summed E-state index contributed by atoms with van der Waals surface area (Å²) in [6.45, 7) is 3.19. The number of primary amides is 1. The van der Waals surface area contributed by atoms with Gasteiger partial charge in [-0.3, -0.25) is 5.73 Å². The molecule has 0 radical (unpaired) electrons. The highest BCUT2D eigenvalue weighted by molar-refractivity contribution is 5.64. The van der Waals surface area contributed by atoms with Crippen molar-refractivity contribution in [2.45, 2.75) is 51.2 Å². The maximum Gasteiger partial charge on any atom is 0.406 e. The molecule has 18 heavy (non-hydrogen) atoms. The minimum Gasteiger partial charge on any atom is -0.431 e. The minimum atomic E-state index is -0.818. The maximum absolute atomic E-state index is 10.2. The van der Waals surface area contributed by atoms with Crippen molar-refractivity contribution in [1.29, 1.82) is 0 Å². The van der Waals surface area contributed by atoms with Crippen LogP contribution in [0.2, 0.25) is 0 Å². The van der Waals surface area contributed by atoms with Crippen LogP contribution in [-0.2, 0) is 4.74 Å². The van der Waals surface area contributed by atoms with Crippen molar-refractivity contribution in [3.63, 3.8) is 0 Å². The molecule has 7 N–H and O–H groups in total. The molecule has 0 spiro atoms. The van der Waals surface area contributed by atoms with Gasteiger partial charge in [-0.1, -0.05) is 12.8 Å². The van der Waals surface area contributed by atoms with E-state index in [0.29, 0.717) is 13.0 Å². The second kappa shape index (κ2) is 12.6. The van der Waals surface area contributed by atoms with Crippen molar-refractivity contribution in [3.05, 3.63) is 0 Å². The molecule has 1 aliphatic rings. The molecule has 108 valence electrons. The highest BCUT2D eigenvalue weighted by Gasteiger charge is 2.04. The Bertz CT molecular complexity index is 187. The van der Waals surface area contributed by atoms with Crippen LogP contribution in [0.1, 0.15) is 44.9 Å². The van der Waals surface area contributed by atoms with E-state index < -0.39 is 12.3 Å². The first kappa shape index (κ1) is 17.2. The molecule has 1 heterocycles. The van der Waals surface area contributed by atoms with Crippen LogP contribution >= 0.6 is 0 Å². The number of amides is 1. The Balaban J connectivity index is 0.000000397. The topological polar surface area (TPSA) is 116 Å². The molecule has 0 aromatic rings. The fourth-order valence-electron chi connectivity index (χ4n) is 1.68. The third-order valence-electron chi connectivity index (χ3n) is 2.67. The van der Waals surface area contributed by atoms with E-state index in [1.165, 1.54) is 32.4 Å². The zero-order valence-electron chi connectivity index (χ0n) is 11.2. The van der Waals surface area contributed by atoms with Gasteiger partial charge in [0.15, 0.2) is 6.23 Å². The van der Waals surface area contributed by atoms with Gasteiger partial charge in [-0.05, 0) is 51.7 Å². The van der Waals surface area contributed by atoms with E-state index in [-0.39, 0.29) is 0 Å². The average Bonchev–Trinajstić information content (AvgIpc) is 2.37. The molecular weight excluding hydrogens is 232 g/mol. The smallest absolute Gasteiger partial charge is 0.406 e. The van der Waals surface area contributed by atoms with Crippen LogP contribution in [-0.4, -0.2) is 32.0 Å². The predicted molar refractivity (Wildman–Crippen MR) is 72.9 cm³/mol. The van der Waals surface area contributed by atoms with E-state index in [0.717, 1.165) is 19.3 Å². The molecule has 1 rings (SSSR count). The van der Waals surface area contributed by atoms with E-state index in [9.17, 15) is 4.79 Å². The van der Waals surface area contributed by atoms with Gasteiger partial charge in [0, 0.05) is 0 Å². The molecule has 6 nitrogen and oxygen atoms in total. The van der Waals surface area contributed by atoms with Crippen LogP contribution in [0, 0.1) is 0 Å². The van der Waals surface area contributed by atoms with Crippen molar-refractivity contribution in [2.75, 3.05) is 19.6 Å². The lowest BCUT2D eigenvalue weighted by molar-refractivity contribution is 0.103. The Morgan fingerprint density at radius 3 is 2.22 bits per heavy atom. The number of carbonyl (C=O) groups excluding carboxylic acids is 1. The molecule has 1 fully saturated rings. The Morgan fingerprint density at radius 1 is 1.17 bits per heavy atom. The molecule has 1 atom stereocenters. The van der Waals surface area contributed by atoms with E-state index in [4.69, 9.17) is 17.2 Å². The van der Waals surface area contributed by atoms with Crippen molar-refractivity contribution >= 4 is 6.09 Å². The zero-order chi connectivity index (χ0) is 13.6. The molecule has 0 aromatic carbocycles. The molecule has 1 aliphatic heterocycles. The minimum absolute atomic E-state index is 0.569. The first-order valence-corrected chi connectivity index (χ1v) is 6.79. The van der Waals surface area contributed by atoms with Crippen LogP contribution < -0.4 is 22.5 Å². The highest BCUT2D eigenvalue weighted by atomic mass is 16.6. The summed E-state index contributed by atoms with van der Waals surface area (Å²) >= 11 is 0. The molecule has 1 saturated heterocycles. The normalized spacial score (nSPS) is 16.3. The summed E-state index contributed by atoms with van der Waals surface area (Å²) < 4.78 is 4.52. The predicted octanol–water partition coefficient (Wildman–Crippen LogP) is 0.646. The Morgan fingerprint density at radius 2 is 1.83 bits per heavy atom. The quantitative estimate of drug-likeness (QED) is 0.413. The van der Waals surface area contributed by atoms with Gasteiger partial charge >= 0.3 is 6.09 Å². The second-order valence-corrected chi connectivity index (χ2v) is 4.42. The molecule has 1 amide bonds. The maximum atomic E-state index is 10.2. The molecule has 0 aliphatic carbocycles. The summed E-state index contributed by atoms with van der Waals surface area (Å²) in [6.07, 6.45) is 6.36. The van der Waals surface area contributed by atoms with Gasteiger partial charge in [0.05, 0.1) is 0 Å². The summed E-state index contributed by atoms with van der Waals surface area (Å²) in [4.78, 5) is 10.2. The summed E-state index contributed by atoms with van der Waals surface area (Å²) in [7, 11) is 0. The number of nitrogens with one attached hydrogen (secondary N) is 1. The number of hydrogen-bond donors (Lipinski definition) is 4. The van der Waals surface area contributed by atoms with Crippen LogP contribution in [0.15, 0.2) is 0 Å².